The Morgan fingerprint density at radius 2 is 2.00 bits per heavy atom. The van der Waals surface area contributed by atoms with Crippen molar-refractivity contribution in [3.8, 4) is 11.5 Å². The quantitative estimate of drug-likeness (QED) is 0.623. The molecule has 0 bridgehead atoms. The number of phenols is 1. The van der Waals surface area contributed by atoms with Crippen LogP contribution < -0.4 is 4.74 Å². The van der Waals surface area contributed by atoms with Gasteiger partial charge in [-0.2, -0.15) is 0 Å². The van der Waals surface area contributed by atoms with Crippen molar-refractivity contribution in [3.63, 3.8) is 0 Å². The largest absolute Gasteiger partial charge is 0.504 e. The number of phenolic OH excluding ortho intramolecular Hbond substituents is 1. The topological polar surface area (TPSA) is 63.6 Å². The third-order valence-electron chi connectivity index (χ3n) is 2.07. The number of hydrogen-bond acceptors (Lipinski definition) is 4. The van der Waals surface area contributed by atoms with Crippen LogP contribution in [0.5, 0.6) is 11.5 Å². The van der Waals surface area contributed by atoms with Crippen LogP contribution in [0.25, 0.3) is 0 Å². The van der Waals surface area contributed by atoms with Crippen molar-refractivity contribution < 1.29 is 19.4 Å². The summed E-state index contributed by atoms with van der Waals surface area (Å²) in [5, 5.41) is 9.54. The summed E-state index contributed by atoms with van der Waals surface area (Å²) in [6.07, 6.45) is 0.810. The summed E-state index contributed by atoms with van der Waals surface area (Å²) >= 11 is 0. The number of benzene rings is 1. The summed E-state index contributed by atoms with van der Waals surface area (Å²) in [5.74, 6) is -0.379. The molecule has 0 aliphatic rings. The molecule has 0 saturated carbocycles. The zero-order valence-corrected chi connectivity index (χ0v) is 9.32. The maximum atomic E-state index is 10.9. The van der Waals surface area contributed by atoms with Gasteiger partial charge in [-0.25, -0.2) is 0 Å². The van der Waals surface area contributed by atoms with Gasteiger partial charge in [0.2, 0.25) is 0 Å². The molecule has 0 saturated heterocycles. The fourth-order valence-electron chi connectivity index (χ4n) is 1.34. The van der Waals surface area contributed by atoms with Gasteiger partial charge in [-0.3, -0.25) is 4.79 Å². The van der Waals surface area contributed by atoms with Crippen LogP contribution in [0.3, 0.4) is 0 Å². The predicted molar refractivity (Wildman–Crippen MR) is 58.4 cm³/mol. The standard InChI is InChI=1S/C12H14O4/c1-8(13)6-7-10-4-3-5-11(15)12(10)16-9(2)14/h3-5,15H,6-7H2,1-2H3. The molecule has 0 atom stereocenters. The van der Waals surface area contributed by atoms with Crippen molar-refractivity contribution in [1.82, 2.24) is 0 Å². The number of ether oxygens (including phenoxy) is 1. The van der Waals surface area contributed by atoms with Gasteiger partial charge in [-0.15, -0.1) is 0 Å². The molecular weight excluding hydrogens is 208 g/mol. The SMILES string of the molecule is CC(=O)CCc1cccc(O)c1OC(C)=O. The first-order chi connectivity index (χ1) is 7.50. The Kier molecular flexibility index (Phi) is 4.05. The molecule has 0 fully saturated rings. The maximum Gasteiger partial charge on any atom is 0.308 e. The van der Waals surface area contributed by atoms with Crippen LogP contribution >= 0.6 is 0 Å². The zero-order chi connectivity index (χ0) is 12.1. The van der Waals surface area contributed by atoms with Gasteiger partial charge in [0.1, 0.15) is 5.78 Å². The zero-order valence-electron chi connectivity index (χ0n) is 9.32. The average Bonchev–Trinajstić information content (AvgIpc) is 2.18. The predicted octanol–water partition coefficient (Wildman–Crippen LogP) is 1.84. The van der Waals surface area contributed by atoms with Crippen LogP contribution in [0.4, 0.5) is 0 Å². The third kappa shape index (κ3) is 3.38. The van der Waals surface area contributed by atoms with Gasteiger partial charge in [0.05, 0.1) is 0 Å². The van der Waals surface area contributed by atoms with E-state index in [1.54, 1.807) is 12.1 Å². The Balaban J connectivity index is 2.93. The minimum absolute atomic E-state index is 0.0529. The van der Waals surface area contributed by atoms with Crippen molar-refractivity contribution in [2.75, 3.05) is 0 Å². The smallest absolute Gasteiger partial charge is 0.308 e. The van der Waals surface area contributed by atoms with E-state index in [1.807, 2.05) is 0 Å². The molecule has 4 heteroatoms. The molecule has 0 aromatic heterocycles. The van der Waals surface area contributed by atoms with Crippen LogP contribution in [0.2, 0.25) is 0 Å². The number of ketones is 1. The van der Waals surface area contributed by atoms with Crippen LogP contribution in [0.15, 0.2) is 18.2 Å². The molecule has 0 radical (unpaired) electrons. The van der Waals surface area contributed by atoms with E-state index in [1.165, 1.54) is 19.9 Å². The number of aromatic hydroxyl groups is 1. The van der Waals surface area contributed by atoms with Crippen molar-refractivity contribution in [2.24, 2.45) is 0 Å². The van der Waals surface area contributed by atoms with E-state index >= 15 is 0 Å². The second-order valence-electron chi connectivity index (χ2n) is 3.56. The molecule has 1 aromatic carbocycles. The maximum absolute atomic E-state index is 10.9. The molecule has 4 nitrogen and oxygen atoms in total. The number of carbonyl (C=O) groups is 2. The molecule has 16 heavy (non-hydrogen) atoms. The molecule has 0 spiro atoms. The second-order valence-corrected chi connectivity index (χ2v) is 3.56. The molecule has 86 valence electrons. The highest BCUT2D eigenvalue weighted by molar-refractivity contribution is 5.76. The van der Waals surface area contributed by atoms with Crippen molar-refractivity contribution in [3.05, 3.63) is 23.8 Å². The lowest BCUT2D eigenvalue weighted by molar-refractivity contribution is -0.132. The van der Waals surface area contributed by atoms with Crippen LogP contribution in [0, 0.1) is 0 Å². The fourth-order valence-corrected chi connectivity index (χ4v) is 1.34. The summed E-state index contributed by atoms with van der Waals surface area (Å²) in [6, 6.07) is 4.81. The summed E-state index contributed by atoms with van der Waals surface area (Å²) < 4.78 is 4.91. The van der Waals surface area contributed by atoms with Gasteiger partial charge in [-0.1, -0.05) is 12.1 Å². The first-order valence-electron chi connectivity index (χ1n) is 4.99. The molecule has 1 rings (SSSR count). The Labute approximate surface area is 93.9 Å². The molecule has 0 amide bonds. The molecule has 0 aliphatic carbocycles. The molecule has 0 aliphatic heterocycles. The van der Waals surface area contributed by atoms with Gasteiger partial charge < -0.3 is 14.6 Å². The molecule has 1 N–H and O–H groups in total. The molecule has 0 unspecified atom stereocenters. The number of hydrogen-bond donors (Lipinski definition) is 1. The van der Waals surface area contributed by atoms with Crippen LogP contribution in [0.1, 0.15) is 25.8 Å². The number of carbonyl (C=O) groups excluding carboxylic acids is 2. The number of aryl methyl sites for hydroxylation is 1. The highest BCUT2D eigenvalue weighted by atomic mass is 16.5. The molecular formula is C12H14O4. The van der Waals surface area contributed by atoms with E-state index in [2.05, 4.69) is 0 Å². The van der Waals surface area contributed by atoms with E-state index in [0.717, 1.165) is 0 Å². The van der Waals surface area contributed by atoms with Gasteiger partial charge in [0.25, 0.3) is 0 Å². The van der Waals surface area contributed by atoms with E-state index in [9.17, 15) is 14.7 Å². The molecule has 0 heterocycles. The Bertz CT molecular complexity index is 409. The Hall–Kier alpha value is -1.84. The number of Topliss-reactive ketones (excluding diaryl/α,β-unsaturated/α-hetero) is 1. The summed E-state index contributed by atoms with van der Waals surface area (Å²) in [5.41, 5.74) is 0.658. The lowest BCUT2D eigenvalue weighted by atomic mass is 10.1. The summed E-state index contributed by atoms with van der Waals surface area (Å²) in [6.45, 7) is 2.76. The average molecular weight is 222 g/mol. The molecule has 1 aromatic rings. The Morgan fingerprint density at radius 3 is 2.56 bits per heavy atom. The van der Waals surface area contributed by atoms with Crippen molar-refractivity contribution in [1.29, 1.82) is 0 Å². The lowest BCUT2D eigenvalue weighted by Crippen LogP contribution is -2.05. The Morgan fingerprint density at radius 1 is 1.31 bits per heavy atom. The first kappa shape index (κ1) is 12.2. The first-order valence-corrected chi connectivity index (χ1v) is 4.99. The van der Waals surface area contributed by atoms with Crippen LogP contribution in [-0.2, 0) is 16.0 Å². The van der Waals surface area contributed by atoms with Gasteiger partial charge >= 0.3 is 5.97 Å². The number of esters is 1. The van der Waals surface area contributed by atoms with Crippen molar-refractivity contribution >= 4 is 11.8 Å². The highest BCUT2D eigenvalue weighted by Gasteiger charge is 2.11. The minimum Gasteiger partial charge on any atom is -0.504 e. The number of para-hydroxylation sites is 1. The normalized spacial score (nSPS) is 9.88. The van der Waals surface area contributed by atoms with Crippen molar-refractivity contribution in [2.45, 2.75) is 26.7 Å². The monoisotopic (exact) mass is 222 g/mol. The lowest BCUT2D eigenvalue weighted by Gasteiger charge is -2.09. The number of rotatable bonds is 4. The second kappa shape index (κ2) is 5.30. The highest BCUT2D eigenvalue weighted by Crippen LogP contribution is 2.30. The van der Waals surface area contributed by atoms with E-state index in [0.29, 0.717) is 18.4 Å². The summed E-state index contributed by atoms with van der Waals surface area (Å²) in [4.78, 5) is 21.7. The van der Waals surface area contributed by atoms with Gasteiger partial charge in [-0.05, 0) is 25.0 Å². The summed E-state index contributed by atoms with van der Waals surface area (Å²) in [7, 11) is 0. The third-order valence-corrected chi connectivity index (χ3v) is 2.07. The van der Waals surface area contributed by atoms with Crippen LogP contribution in [-0.4, -0.2) is 16.9 Å². The minimum atomic E-state index is -0.495. The fraction of sp³-hybridized carbons (Fsp3) is 0.333. The van der Waals surface area contributed by atoms with E-state index in [-0.39, 0.29) is 17.3 Å². The van der Waals surface area contributed by atoms with Gasteiger partial charge in [0, 0.05) is 13.3 Å². The van der Waals surface area contributed by atoms with E-state index in [4.69, 9.17) is 4.74 Å². The van der Waals surface area contributed by atoms with Gasteiger partial charge in [0.15, 0.2) is 11.5 Å². The van der Waals surface area contributed by atoms with E-state index < -0.39 is 5.97 Å².